The van der Waals surface area contributed by atoms with E-state index in [4.69, 9.17) is 0 Å². The second-order valence-electron chi connectivity index (χ2n) is 5.18. The van der Waals surface area contributed by atoms with Gasteiger partial charge in [0, 0.05) is 17.8 Å². The van der Waals surface area contributed by atoms with Gasteiger partial charge in [0.1, 0.15) is 0 Å². The molecule has 2 atom stereocenters. The van der Waals surface area contributed by atoms with Crippen molar-refractivity contribution in [2.24, 2.45) is 5.92 Å². The fourth-order valence-corrected chi connectivity index (χ4v) is 2.97. The zero-order valence-electron chi connectivity index (χ0n) is 10.8. The number of hydrogen-bond donors (Lipinski definition) is 1. The van der Waals surface area contributed by atoms with E-state index in [2.05, 4.69) is 21.7 Å². The summed E-state index contributed by atoms with van der Waals surface area (Å²) in [6.07, 6.45) is 1.18. The van der Waals surface area contributed by atoms with Crippen LogP contribution in [0.5, 0.6) is 11.5 Å². The van der Waals surface area contributed by atoms with Gasteiger partial charge in [0.2, 0.25) is 0 Å². The van der Waals surface area contributed by atoms with Gasteiger partial charge in [0.05, 0.1) is 0 Å². The highest BCUT2D eigenvalue weighted by Crippen LogP contribution is 2.42. The summed E-state index contributed by atoms with van der Waals surface area (Å²) in [5, 5.41) is 3.42. The lowest BCUT2D eigenvalue weighted by Gasteiger charge is -2.20. The Balaban J connectivity index is 1.74. The molecule has 1 aromatic carbocycles. The molecular weight excluding hydrogens is 252 g/mol. The fourth-order valence-electron chi connectivity index (χ4n) is 2.97. The SMILES string of the molecule is CCC1CCCC1Nc1ccc2c(c1)OC(F)(F)O2. The van der Waals surface area contributed by atoms with E-state index in [0.29, 0.717) is 12.0 Å². The molecule has 0 aromatic heterocycles. The molecule has 1 aromatic rings. The van der Waals surface area contributed by atoms with Gasteiger partial charge in [0.25, 0.3) is 0 Å². The lowest BCUT2D eigenvalue weighted by Crippen LogP contribution is -2.26. The minimum Gasteiger partial charge on any atom is -0.395 e. The van der Waals surface area contributed by atoms with Gasteiger partial charge < -0.3 is 14.8 Å². The Labute approximate surface area is 110 Å². The van der Waals surface area contributed by atoms with Crippen molar-refractivity contribution in [1.29, 1.82) is 0 Å². The van der Waals surface area contributed by atoms with E-state index < -0.39 is 6.29 Å². The number of rotatable bonds is 3. The highest BCUT2D eigenvalue weighted by molar-refractivity contribution is 5.56. The highest BCUT2D eigenvalue weighted by Gasteiger charge is 2.43. The normalized spacial score (nSPS) is 27.5. The van der Waals surface area contributed by atoms with Crippen molar-refractivity contribution < 1.29 is 18.3 Å². The molecule has 3 nitrogen and oxygen atoms in total. The molecule has 104 valence electrons. The molecule has 0 bridgehead atoms. The minimum absolute atomic E-state index is 0.0917. The number of anilines is 1. The standard InChI is InChI=1S/C14H17F2NO2/c1-2-9-4-3-5-11(9)17-10-6-7-12-13(8-10)19-14(15,16)18-12/h6-9,11,17H,2-5H2,1H3. The van der Waals surface area contributed by atoms with Gasteiger partial charge >= 0.3 is 6.29 Å². The average molecular weight is 269 g/mol. The van der Waals surface area contributed by atoms with E-state index in [1.54, 1.807) is 12.1 Å². The summed E-state index contributed by atoms with van der Waals surface area (Å²) in [5.74, 6) is 0.849. The molecule has 0 radical (unpaired) electrons. The average Bonchev–Trinajstić information content (AvgIpc) is 2.90. The summed E-state index contributed by atoms with van der Waals surface area (Å²) < 4.78 is 34.7. The van der Waals surface area contributed by atoms with Crippen LogP contribution in [0.2, 0.25) is 0 Å². The molecule has 5 heteroatoms. The third-order valence-electron chi connectivity index (χ3n) is 3.94. The number of halogens is 2. The van der Waals surface area contributed by atoms with Crippen LogP contribution in [-0.2, 0) is 0 Å². The van der Waals surface area contributed by atoms with Crippen molar-refractivity contribution in [3.63, 3.8) is 0 Å². The molecule has 1 heterocycles. The zero-order chi connectivity index (χ0) is 13.5. The van der Waals surface area contributed by atoms with Crippen LogP contribution in [-0.4, -0.2) is 12.3 Å². The Bertz CT molecular complexity index is 479. The van der Waals surface area contributed by atoms with Crippen LogP contribution in [0.1, 0.15) is 32.6 Å². The van der Waals surface area contributed by atoms with Crippen molar-refractivity contribution in [2.75, 3.05) is 5.32 Å². The lowest BCUT2D eigenvalue weighted by atomic mass is 10.0. The Morgan fingerprint density at radius 3 is 2.84 bits per heavy atom. The summed E-state index contributed by atoms with van der Waals surface area (Å²) in [7, 11) is 0. The van der Waals surface area contributed by atoms with Crippen LogP contribution in [0.3, 0.4) is 0 Å². The Hall–Kier alpha value is -1.52. The molecule has 0 amide bonds. The maximum atomic E-state index is 12.9. The highest BCUT2D eigenvalue weighted by atomic mass is 19.3. The number of hydrogen-bond acceptors (Lipinski definition) is 3. The Morgan fingerprint density at radius 1 is 1.26 bits per heavy atom. The van der Waals surface area contributed by atoms with E-state index in [-0.39, 0.29) is 11.5 Å². The van der Waals surface area contributed by atoms with Crippen LogP contribution < -0.4 is 14.8 Å². The summed E-state index contributed by atoms with van der Waals surface area (Å²) in [6.45, 7) is 2.19. The molecule has 1 aliphatic carbocycles. The Morgan fingerprint density at radius 2 is 2.05 bits per heavy atom. The molecule has 2 unspecified atom stereocenters. The quantitative estimate of drug-likeness (QED) is 0.899. The summed E-state index contributed by atoms with van der Waals surface area (Å²) in [4.78, 5) is 0. The maximum Gasteiger partial charge on any atom is 0.586 e. The third kappa shape index (κ3) is 2.46. The van der Waals surface area contributed by atoms with Gasteiger partial charge in [-0.2, -0.15) is 0 Å². The van der Waals surface area contributed by atoms with E-state index in [0.717, 1.165) is 18.5 Å². The Kier molecular flexibility index (Phi) is 2.99. The van der Waals surface area contributed by atoms with Gasteiger partial charge in [-0.25, -0.2) is 0 Å². The molecule has 0 saturated heterocycles. The third-order valence-corrected chi connectivity index (χ3v) is 3.94. The van der Waals surface area contributed by atoms with Gasteiger partial charge in [-0.15, -0.1) is 8.78 Å². The van der Waals surface area contributed by atoms with Crippen LogP contribution in [0.4, 0.5) is 14.5 Å². The van der Waals surface area contributed by atoms with Crippen molar-refractivity contribution in [3.05, 3.63) is 18.2 Å². The fraction of sp³-hybridized carbons (Fsp3) is 0.571. The molecule has 19 heavy (non-hydrogen) atoms. The molecule has 2 aliphatic rings. The predicted molar refractivity (Wildman–Crippen MR) is 67.7 cm³/mol. The van der Waals surface area contributed by atoms with Crippen LogP contribution >= 0.6 is 0 Å². The summed E-state index contributed by atoms with van der Waals surface area (Å²) in [5.41, 5.74) is 0.811. The molecule has 1 fully saturated rings. The molecule has 3 rings (SSSR count). The van der Waals surface area contributed by atoms with Crippen LogP contribution in [0, 0.1) is 5.92 Å². The summed E-state index contributed by atoms with van der Waals surface area (Å²) >= 11 is 0. The predicted octanol–water partition coefficient (Wildman–Crippen LogP) is 4.00. The lowest BCUT2D eigenvalue weighted by molar-refractivity contribution is -0.286. The smallest absolute Gasteiger partial charge is 0.395 e. The first-order chi connectivity index (χ1) is 9.07. The second kappa shape index (κ2) is 4.54. The summed E-state index contributed by atoms with van der Waals surface area (Å²) in [6, 6.07) is 5.29. The van der Waals surface area contributed by atoms with Crippen molar-refractivity contribution in [2.45, 2.75) is 44.9 Å². The topological polar surface area (TPSA) is 30.5 Å². The maximum absolute atomic E-state index is 12.9. The van der Waals surface area contributed by atoms with Gasteiger partial charge in [-0.05, 0) is 30.9 Å². The van der Waals surface area contributed by atoms with Crippen molar-refractivity contribution in [1.82, 2.24) is 0 Å². The molecule has 1 N–H and O–H groups in total. The van der Waals surface area contributed by atoms with Gasteiger partial charge in [0.15, 0.2) is 11.5 Å². The number of alkyl halides is 2. The minimum atomic E-state index is -3.54. The van der Waals surface area contributed by atoms with Crippen LogP contribution in [0.15, 0.2) is 18.2 Å². The second-order valence-corrected chi connectivity index (χ2v) is 5.18. The first-order valence-electron chi connectivity index (χ1n) is 6.74. The van der Waals surface area contributed by atoms with Gasteiger partial charge in [-0.3, -0.25) is 0 Å². The molecule has 1 saturated carbocycles. The van der Waals surface area contributed by atoms with Gasteiger partial charge in [-0.1, -0.05) is 19.8 Å². The number of benzene rings is 1. The van der Waals surface area contributed by atoms with Crippen LogP contribution in [0.25, 0.3) is 0 Å². The number of fused-ring (bicyclic) bond motifs is 1. The molecular formula is C14H17F2NO2. The first kappa shape index (κ1) is 12.5. The number of nitrogens with one attached hydrogen (secondary N) is 1. The van der Waals surface area contributed by atoms with E-state index in [1.807, 2.05) is 0 Å². The van der Waals surface area contributed by atoms with E-state index >= 15 is 0 Å². The largest absolute Gasteiger partial charge is 0.586 e. The first-order valence-corrected chi connectivity index (χ1v) is 6.74. The monoisotopic (exact) mass is 269 g/mol. The molecule has 0 spiro atoms. The van der Waals surface area contributed by atoms with Crippen molar-refractivity contribution >= 4 is 5.69 Å². The van der Waals surface area contributed by atoms with E-state index in [1.165, 1.54) is 18.9 Å². The van der Waals surface area contributed by atoms with E-state index in [9.17, 15) is 8.78 Å². The molecule has 1 aliphatic heterocycles. The number of ether oxygens (including phenoxy) is 2. The zero-order valence-corrected chi connectivity index (χ0v) is 10.8. The van der Waals surface area contributed by atoms with Crippen molar-refractivity contribution in [3.8, 4) is 11.5 Å².